The molecule has 0 unspecified atom stereocenters. The van der Waals surface area contributed by atoms with Gasteiger partial charge in [-0.05, 0) is 31.5 Å². The smallest absolute Gasteiger partial charge is 0.258 e. The highest BCUT2D eigenvalue weighted by Gasteiger charge is 2.23. The average molecular weight is 356 g/mol. The molecule has 1 atom stereocenters. The highest BCUT2D eigenvalue weighted by molar-refractivity contribution is 5.89. The van der Waals surface area contributed by atoms with Crippen LogP contribution in [0, 0.1) is 0 Å². The minimum atomic E-state index is -0.785. The van der Waals surface area contributed by atoms with E-state index in [9.17, 15) is 9.59 Å². The van der Waals surface area contributed by atoms with Crippen molar-refractivity contribution in [3.8, 4) is 11.5 Å². The van der Waals surface area contributed by atoms with E-state index < -0.39 is 11.9 Å². The normalized spacial score (nSPS) is 11.5. The van der Waals surface area contributed by atoms with Crippen molar-refractivity contribution >= 4 is 11.8 Å². The van der Waals surface area contributed by atoms with E-state index in [4.69, 9.17) is 9.47 Å². The van der Waals surface area contributed by atoms with Crippen LogP contribution in [0.15, 0.2) is 54.6 Å². The number of benzene rings is 2. The zero-order chi connectivity index (χ0) is 18.9. The Morgan fingerprint density at radius 1 is 0.923 bits per heavy atom. The third kappa shape index (κ3) is 5.51. The van der Waals surface area contributed by atoms with E-state index >= 15 is 0 Å². The minimum absolute atomic E-state index is 0.0320. The summed E-state index contributed by atoms with van der Waals surface area (Å²) in [6, 6.07) is 15.3. The first-order valence-corrected chi connectivity index (χ1v) is 8.41. The van der Waals surface area contributed by atoms with Crippen LogP contribution < -0.4 is 20.1 Å². The minimum Gasteiger partial charge on any atom is -0.493 e. The van der Waals surface area contributed by atoms with Gasteiger partial charge in [-0.1, -0.05) is 42.5 Å². The second-order valence-corrected chi connectivity index (χ2v) is 6.01. The number of carbonyl (C=O) groups excluding carboxylic acids is 2. The van der Waals surface area contributed by atoms with E-state index in [-0.39, 0.29) is 18.6 Å². The van der Waals surface area contributed by atoms with Gasteiger partial charge in [0.2, 0.25) is 5.91 Å². The Bertz CT molecular complexity index is 732. The number of rotatable bonds is 8. The summed E-state index contributed by atoms with van der Waals surface area (Å²) >= 11 is 0. The molecular formula is C20H24N2O4. The fourth-order valence-corrected chi connectivity index (χ4v) is 2.40. The molecule has 6 nitrogen and oxygen atoms in total. The van der Waals surface area contributed by atoms with E-state index in [0.29, 0.717) is 17.1 Å². The maximum Gasteiger partial charge on any atom is 0.258 e. The van der Waals surface area contributed by atoms with Crippen LogP contribution >= 0.6 is 0 Å². The summed E-state index contributed by atoms with van der Waals surface area (Å²) < 4.78 is 10.7. The molecule has 0 saturated carbocycles. The number of methoxy groups -OCH3 is 1. The van der Waals surface area contributed by atoms with Crippen LogP contribution in [0.5, 0.6) is 11.5 Å². The van der Waals surface area contributed by atoms with Gasteiger partial charge in [-0.25, -0.2) is 0 Å². The van der Waals surface area contributed by atoms with Gasteiger partial charge in [0.25, 0.3) is 5.91 Å². The molecule has 0 spiro atoms. The second-order valence-electron chi connectivity index (χ2n) is 6.01. The number of para-hydroxylation sites is 2. The van der Waals surface area contributed by atoms with Crippen LogP contribution in [0.4, 0.5) is 0 Å². The maximum absolute atomic E-state index is 12.5. The number of nitrogens with one attached hydrogen (secondary N) is 2. The second kappa shape index (κ2) is 9.46. The molecular weight excluding hydrogens is 332 g/mol. The standard InChI is InChI=1S/C20H24N2O4/c1-14(2)21-20(24)19(15-9-5-4-6-10-15)22-18(23)13-26-17-12-8-7-11-16(17)25-3/h4-12,14,19H,13H2,1-3H3,(H,21,24)(H,22,23)/t19-/m0/s1. The summed E-state index contributed by atoms with van der Waals surface area (Å²) in [5.41, 5.74) is 0.705. The van der Waals surface area contributed by atoms with Crippen molar-refractivity contribution in [3.05, 3.63) is 60.2 Å². The van der Waals surface area contributed by atoms with E-state index in [2.05, 4.69) is 10.6 Å². The molecule has 0 saturated heterocycles. The quantitative estimate of drug-likeness (QED) is 0.762. The molecule has 2 N–H and O–H groups in total. The van der Waals surface area contributed by atoms with Gasteiger partial charge in [0.1, 0.15) is 6.04 Å². The lowest BCUT2D eigenvalue weighted by Crippen LogP contribution is -2.44. The molecule has 2 aromatic rings. The third-order valence-electron chi connectivity index (χ3n) is 3.56. The summed E-state index contributed by atoms with van der Waals surface area (Å²) in [5.74, 6) is 0.339. The molecule has 0 aliphatic heterocycles. The predicted molar refractivity (Wildman–Crippen MR) is 99.1 cm³/mol. The summed E-state index contributed by atoms with van der Waals surface area (Å²) in [5, 5.41) is 5.55. The topological polar surface area (TPSA) is 76.7 Å². The first-order chi connectivity index (χ1) is 12.5. The van der Waals surface area contributed by atoms with Gasteiger partial charge in [0.05, 0.1) is 7.11 Å². The SMILES string of the molecule is COc1ccccc1OCC(=O)N[C@H](C(=O)NC(C)C)c1ccccc1. The zero-order valence-electron chi connectivity index (χ0n) is 15.2. The van der Waals surface area contributed by atoms with Crippen molar-refractivity contribution in [2.45, 2.75) is 25.9 Å². The van der Waals surface area contributed by atoms with Crippen LogP contribution in [0.2, 0.25) is 0 Å². The van der Waals surface area contributed by atoms with Gasteiger partial charge in [-0.15, -0.1) is 0 Å². The van der Waals surface area contributed by atoms with Crippen LogP contribution in [0.1, 0.15) is 25.5 Å². The van der Waals surface area contributed by atoms with Crippen LogP contribution in [-0.4, -0.2) is 31.6 Å². The lowest BCUT2D eigenvalue weighted by atomic mass is 10.1. The number of hydrogen-bond acceptors (Lipinski definition) is 4. The Balaban J connectivity index is 2.05. The van der Waals surface area contributed by atoms with E-state index in [0.717, 1.165) is 0 Å². The predicted octanol–water partition coefficient (Wildman–Crippen LogP) is 2.46. The molecule has 6 heteroatoms. The van der Waals surface area contributed by atoms with Crippen molar-refractivity contribution < 1.29 is 19.1 Å². The van der Waals surface area contributed by atoms with Gasteiger partial charge in [-0.3, -0.25) is 9.59 Å². The molecule has 0 radical (unpaired) electrons. The Kier molecular flexibility index (Phi) is 7.02. The van der Waals surface area contributed by atoms with E-state index in [1.54, 1.807) is 30.3 Å². The van der Waals surface area contributed by atoms with Gasteiger partial charge in [0.15, 0.2) is 18.1 Å². The zero-order valence-corrected chi connectivity index (χ0v) is 15.2. The molecule has 0 heterocycles. The van der Waals surface area contributed by atoms with Crippen molar-refractivity contribution in [2.24, 2.45) is 0 Å². The largest absolute Gasteiger partial charge is 0.493 e. The number of hydrogen-bond donors (Lipinski definition) is 2. The Morgan fingerprint density at radius 2 is 1.54 bits per heavy atom. The van der Waals surface area contributed by atoms with Crippen molar-refractivity contribution in [3.63, 3.8) is 0 Å². The van der Waals surface area contributed by atoms with Gasteiger partial charge >= 0.3 is 0 Å². The first-order valence-electron chi connectivity index (χ1n) is 8.41. The van der Waals surface area contributed by atoms with Crippen LogP contribution in [0.25, 0.3) is 0 Å². The first kappa shape index (κ1) is 19.3. The highest BCUT2D eigenvalue weighted by atomic mass is 16.5. The monoisotopic (exact) mass is 356 g/mol. The van der Waals surface area contributed by atoms with Crippen molar-refractivity contribution in [2.75, 3.05) is 13.7 Å². The Labute approximate surface area is 153 Å². The molecule has 0 aromatic heterocycles. The van der Waals surface area contributed by atoms with Gasteiger partial charge in [0, 0.05) is 6.04 Å². The molecule has 2 amide bonds. The number of amides is 2. The van der Waals surface area contributed by atoms with E-state index in [1.165, 1.54) is 7.11 Å². The number of ether oxygens (including phenoxy) is 2. The number of carbonyl (C=O) groups is 2. The van der Waals surface area contributed by atoms with E-state index in [1.807, 2.05) is 38.1 Å². The molecule has 2 rings (SSSR count). The van der Waals surface area contributed by atoms with Gasteiger partial charge in [-0.2, -0.15) is 0 Å². The van der Waals surface area contributed by atoms with Crippen molar-refractivity contribution in [1.82, 2.24) is 10.6 Å². The average Bonchev–Trinajstić information content (AvgIpc) is 2.64. The molecule has 0 aliphatic carbocycles. The summed E-state index contributed by atoms with van der Waals surface area (Å²) in [4.78, 5) is 24.8. The Morgan fingerprint density at radius 3 is 2.15 bits per heavy atom. The molecule has 138 valence electrons. The maximum atomic E-state index is 12.5. The van der Waals surface area contributed by atoms with Gasteiger partial charge < -0.3 is 20.1 Å². The van der Waals surface area contributed by atoms with Crippen LogP contribution in [-0.2, 0) is 9.59 Å². The molecule has 0 bridgehead atoms. The summed E-state index contributed by atoms with van der Waals surface area (Å²) in [6.45, 7) is 3.51. The lowest BCUT2D eigenvalue weighted by molar-refractivity contribution is -0.130. The summed E-state index contributed by atoms with van der Waals surface area (Å²) in [6.07, 6.45) is 0. The third-order valence-corrected chi connectivity index (χ3v) is 3.56. The lowest BCUT2D eigenvalue weighted by Gasteiger charge is -2.20. The molecule has 2 aromatic carbocycles. The fraction of sp³-hybridized carbons (Fsp3) is 0.300. The Hall–Kier alpha value is -3.02. The summed E-state index contributed by atoms with van der Waals surface area (Å²) in [7, 11) is 1.53. The fourth-order valence-electron chi connectivity index (χ4n) is 2.40. The molecule has 26 heavy (non-hydrogen) atoms. The van der Waals surface area contributed by atoms with Crippen LogP contribution in [0.3, 0.4) is 0 Å². The highest BCUT2D eigenvalue weighted by Crippen LogP contribution is 2.25. The molecule has 0 aliphatic rings. The molecule has 0 fully saturated rings. The van der Waals surface area contributed by atoms with Crippen molar-refractivity contribution in [1.29, 1.82) is 0 Å².